The number of phenols is 1. The van der Waals surface area contributed by atoms with Crippen LogP contribution in [0, 0.1) is 0 Å². The Hall–Kier alpha value is -1.77. The summed E-state index contributed by atoms with van der Waals surface area (Å²) >= 11 is 0. The number of carbonyl (C=O) groups excluding carboxylic acids is 1. The molecule has 15 heavy (non-hydrogen) atoms. The predicted octanol–water partition coefficient (Wildman–Crippen LogP) is 2.60. The summed E-state index contributed by atoms with van der Waals surface area (Å²) in [6, 6.07) is 4.99. The van der Waals surface area contributed by atoms with Gasteiger partial charge in [-0.3, -0.25) is 0 Å². The first-order chi connectivity index (χ1) is 7.20. The van der Waals surface area contributed by atoms with E-state index in [1.807, 2.05) is 6.92 Å². The van der Waals surface area contributed by atoms with Crippen molar-refractivity contribution in [3.05, 3.63) is 35.4 Å². The molecule has 0 aliphatic rings. The van der Waals surface area contributed by atoms with Crippen molar-refractivity contribution in [2.75, 3.05) is 6.61 Å². The molecule has 0 saturated heterocycles. The number of ether oxygens (including phenoxy) is 1. The summed E-state index contributed by atoms with van der Waals surface area (Å²) in [5, 5.41) is 9.76. The predicted molar refractivity (Wildman–Crippen MR) is 58.8 cm³/mol. The summed E-state index contributed by atoms with van der Waals surface area (Å²) in [6.45, 7) is 3.87. The van der Waals surface area contributed by atoms with E-state index in [1.165, 1.54) is 0 Å². The van der Waals surface area contributed by atoms with E-state index in [2.05, 4.69) is 0 Å². The van der Waals surface area contributed by atoms with Gasteiger partial charge in [0.2, 0.25) is 0 Å². The molecule has 0 spiro atoms. The second kappa shape index (κ2) is 5.20. The SMILES string of the molecule is CC=Cc1cccc(C(=O)OCC)c1O. The Labute approximate surface area is 89.0 Å². The van der Waals surface area contributed by atoms with Gasteiger partial charge in [0.05, 0.1) is 6.61 Å². The minimum absolute atomic E-state index is 0.0333. The average molecular weight is 206 g/mol. The fraction of sp³-hybridized carbons (Fsp3) is 0.250. The van der Waals surface area contributed by atoms with Crippen molar-refractivity contribution in [3.8, 4) is 5.75 Å². The minimum atomic E-state index is -0.499. The van der Waals surface area contributed by atoms with E-state index in [0.717, 1.165) is 0 Å². The molecule has 0 bridgehead atoms. The molecule has 1 N–H and O–H groups in total. The maximum absolute atomic E-state index is 11.4. The van der Waals surface area contributed by atoms with Gasteiger partial charge >= 0.3 is 5.97 Å². The fourth-order valence-electron chi connectivity index (χ4n) is 1.25. The number of rotatable bonds is 3. The lowest BCUT2D eigenvalue weighted by Gasteiger charge is -2.06. The summed E-state index contributed by atoms with van der Waals surface area (Å²) in [7, 11) is 0. The molecule has 3 nitrogen and oxygen atoms in total. The van der Waals surface area contributed by atoms with Gasteiger partial charge in [-0.15, -0.1) is 0 Å². The Bertz CT molecular complexity index is 380. The maximum Gasteiger partial charge on any atom is 0.341 e. The van der Waals surface area contributed by atoms with Gasteiger partial charge in [0.15, 0.2) is 0 Å². The molecule has 0 heterocycles. The summed E-state index contributed by atoms with van der Waals surface area (Å²) in [4.78, 5) is 11.4. The molecule has 80 valence electrons. The third-order valence-electron chi connectivity index (χ3n) is 1.91. The van der Waals surface area contributed by atoms with Gasteiger partial charge in [-0.05, 0) is 19.9 Å². The Morgan fingerprint density at radius 1 is 1.53 bits per heavy atom. The number of benzene rings is 1. The van der Waals surface area contributed by atoms with Crippen molar-refractivity contribution in [1.82, 2.24) is 0 Å². The van der Waals surface area contributed by atoms with Crippen LogP contribution in [0.1, 0.15) is 29.8 Å². The zero-order valence-corrected chi connectivity index (χ0v) is 8.86. The Morgan fingerprint density at radius 2 is 2.27 bits per heavy atom. The fourth-order valence-corrected chi connectivity index (χ4v) is 1.25. The number of allylic oxidation sites excluding steroid dienone is 1. The third-order valence-corrected chi connectivity index (χ3v) is 1.91. The number of esters is 1. The first kappa shape index (κ1) is 11.3. The van der Waals surface area contributed by atoms with E-state index < -0.39 is 5.97 Å². The molecule has 0 fully saturated rings. The Morgan fingerprint density at radius 3 is 2.87 bits per heavy atom. The van der Waals surface area contributed by atoms with Gasteiger partial charge in [0, 0.05) is 5.56 Å². The highest BCUT2D eigenvalue weighted by atomic mass is 16.5. The highest BCUT2D eigenvalue weighted by Crippen LogP contribution is 2.24. The lowest BCUT2D eigenvalue weighted by Crippen LogP contribution is -2.05. The number of hydrogen-bond donors (Lipinski definition) is 1. The molecule has 3 heteroatoms. The van der Waals surface area contributed by atoms with Crippen LogP contribution in [0.25, 0.3) is 6.08 Å². The maximum atomic E-state index is 11.4. The van der Waals surface area contributed by atoms with Crippen LogP contribution in [0.5, 0.6) is 5.75 Å². The van der Waals surface area contributed by atoms with Crippen LogP contribution in [0.15, 0.2) is 24.3 Å². The summed E-state index contributed by atoms with van der Waals surface area (Å²) in [5.74, 6) is -0.532. The average Bonchev–Trinajstić information content (AvgIpc) is 2.22. The van der Waals surface area contributed by atoms with Gasteiger partial charge in [-0.1, -0.05) is 24.3 Å². The molecule has 0 saturated carbocycles. The van der Waals surface area contributed by atoms with Crippen LogP contribution >= 0.6 is 0 Å². The number of phenolic OH excluding ortho intramolecular Hbond substituents is 1. The van der Waals surface area contributed by atoms with Crippen molar-refractivity contribution in [3.63, 3.8) is 0 Å². The molecule has 0 radical (unpaired) electrons. The van der Waals surface area contributed by atoms with E-state index in [4.69, 9.17) is 4.74 Å². The molecule has 1 aromatic carbocycles. The smallest absolute Gasteiger partial charge is 0.341 e. The number of carbonyl (C=O) groups is 1. The first-order valence-corrected chi connectivity index (χ1v) is 4.82. The number of para-hydroxylation sites is 1. The first-order valence-electron chi connectivity index (χ1n) is 4.82. The van der Waals surface area contributed by atoms with Crippen molar-refractivity contribution in [2.24, 2.45) is 0 Å². The molecule has 0 atom stereocenters. The van der Waals surface area contributed by atoms with Crippen LogP contribution < -0.4 is 0 Å². The molecular formula is C12H14O3. The minimum Gasteiger partial charge on any atom is -0.506 e. The molecular weight excluding hydrogens is 192 g/mol. The highest BCUT2D eigenvalue weighted by molar-refractivity contribution is 5.93. The van der Waals surface area contributed by atoms with Gasteiger partial charge < -0.3 is 9.84 Å². The molecule has 1 aromatic rings. The van der Waals surface area contributed by atoms with Crippen LogP contribution in [-0.4, -0.2) is 17.7 Å². The highest BCUT2D eigenvalue weighted by Gasteiger charge is 2.13. The Balaban J connectivity index is 3.09. The molecule has 0 unspecified atom stereocenters. The lowest BCUT2D eigenvalue weighted by molar-refractivity contribution is 0.0523. The second-order valence-electron chi connectivity index (χ2n) is 2.96. The number of aromatic hydroxyl groups is 1. The summed E-state index contributed by atoms with van der Waals surface area (Å²) in [5.41, 5.74) is 0.815. The van der Waals surface area contributed by atoms with E-state index in [-0.39, 0.29) is 11.3 Å². The zero-order valence-electron chi connectivity index (χ0n) is 8.86. The van der Waals surface area contributed by atoms with Crippen molar-refractivity contribution >= 4 is 12.0 Å². The van der Waals surface area contributed by atoms with Gasteiger partial charge in [0.25, 0.3) is 0 Å². The quantitative estimate of drug-likeness (QED) is 0.773. The van der Waals surface area contributed by atoms with E-state index in [9.17, 15) is 9.90 Å². The van der Waals surface area contributed by atoms with Gasteiger partial charge in [0.1, 0.15) is 11.3 Å². The molecule has 0 aliphatic heterocycles. The van der Waals surface area contributed by atoms with Gasteiger partial charge in [-0.2, -0.15) is 0 Å². The molecule has 1 rings (SSSR count). The summed E-state index contributed by atoms with van der Waals surface area (Å²) < 4.78 is 4.82. The topological polar surface area (TPSA) is 46.5 Å². The van der Waals surface area contributed by atoms with Crippen LogP contribution in [-0.2, 0) is 4.74 Å². The van der Waals surface area contributed by atoms with E-state index in [0.29, 0.717) is 12.2 Å². The van der Waals surface area contributed by atoms with Crippen LogP contribution in [0.3, 0.4) is 0 Å². The molecule has 0 aliphatic carbocycles. The molecule has 0 aromatic heterocycles. The summed E-state index contributed by atoms with van der Waals surface area (Å²) in [6.07, 6.45) is 3.53. The Kier molecular flexibility index (Phi) is 3.92. The van der Waals surface area contributed by atoms with E-state index in [1.54, 1.807) is 37.3 Å². The monoisotopic (exact) mass is 206 g/mol. The third kappa shape index (κ3) is 2.59. The number of hydrogen-bond acceptors (Lipinski definition) is 3. The van der Waals surface area contributed by atoms with Crippen molar-refractivity contribution in [2.45, 2.75) is 13.8 Å². The molecule has 0 amide bonds. The second-order valence-corrected chi connectivity index (χ2v) is 2.96. The lowest BCUT2D eigenvalue weighted by atomic mass is 10.1. The van der Waals surface area contributed by atoms with Crippen LogP contribution in [0.2, 0.25) is 0 Å². The largest absolute Gasteiger partial charge is 0.506 e. The van der Waals surface area contributed by atoms with Crippen LogP contribution in [0.4, 0.5) is 0 Å². The normalized spacial score (nSPS) is 10.5. The standard InChI is InChI=1S/C12H14O3/c1-3-6-9-7-5-8-10(11(9)13)12(14)15-4-2/h3,5-8,13H,4H2,1-2H3. The zero-order chi connectivity index (χ0) is 11.3. The van der Waals surface area contributed by atoms with Gasteiger partial charge in [-0.25, -0.2) is 4.79 Å². The van der Waals surface area contributed by atoms with Crippen molar-refractivity contribution in [1.29, 1.82) is 0 Å². The van der Waals surface area contributed by atoms with Crippen molar-refractivity contribution < 1.29 is 14.6 Å². The van der Waals surface area contributed by atoms with E-state index >= 15 is 0 Å².